The standard InChI is InChI=1S/C27H25F2N3OS/c1-3-19(20-4-8-22(28)9-5-20)16-25(21-6-10-23(29)11-7-21)30-17-27(33)32-14-12-24-26(13-15-32)34-18(2)31-24/h4-11,16,30H,1,12-15,17H2,2H3/b25-16-. The first-order valence-electron chi connectivity index (χ1n) is 11.0. The van der Waals surface area contributed by atoms with Gasteiger partial charge in [-0.1, -0.05) is 30.8 Å². The van der Waals surface area contributed by atoms with Crippen molar-refractivity contribution in [2.24, 2.45) is 0 Å². The number of nitrogens with one attached hydrogen (secondary N) is 1. The van der Waals surface area contributed by atoms with E-state index < -0.39 is 0 Å². The van der Waals surface area contributed by atoms with Gasteiger partial charge in [0.05, 0.1) is 17.2 Å². The van der Waals surface area contributed by atoms with Gasteiger partial charge < -0.3 is 10.2 Å². The van der Waals surface area contributed by atoms with Gasteiger partial charge in [0.25, 0.3) is 0 Å². The minimum atomic E-state index is -0.349. The molecule has 0 unspecified atom stereocenters. The van der Waals surface area contributed by atoms with Crippen molar-refractivity contribution in [1.29, 1.82) is 0 Å². The quantitative estimate of drug-likeness (QED) is 0.394. The maximum atomic E-state index is 13.5. The Morgan fingerprint density at radius 2 is 1.71 bits per heavy atom. The van der Waals surface area contributed by atoms with Gasteiger partial charge in [0.2, 0.25) is 5.91 Å². The number of aryl methyl sites for hydroxylation is 1. The molecule has 1 amide bonds. The summed E-state index contributed by atoms with van der Waals surface area (Å²) in [6, 6.07) is 12.0. The predicted molar refractivity (Wildman–Crippen MR) is 132 cm³/mol. The summed E-state index contributed by atoms with van der Waals surface area (Å²) in [7, 11) is 0. The zero-order valence-corrected chi connectivity index (χ0v) is 19.7. The molecule has 1 N–H and O–H groups in total. The Morgan fingerprint density at radius 1 is 1.09 bits per heavy atom. The second-order valence-corrected chi connectivity index (χ2v) is 9.29. The highest BCUT2D eigenvalue weighted by Gasteiger charge is 2.21. The topological polar surface area (TPSA) is 45.2 Å². The van der Waals surface area contributed by atoms with Gasteiger partial charge in [0.1, 0.15) is 11.6 Å². The molecule has 34 heavy (non-hydrogen) atoms. The van der Waals surface area contributed by atoms with E-state index in [1.54, 1.807) is 41.7 Å². The van der Waals surface area contributed by atoms with Crippen LogP contribution in [0.4, 0.5) is 8.78 Å². The lowest BCUT2D eigenvalue weighted by atomic mass is 10.0. The van der Waals surface area contributed by atoms with E-state index in [9.17, 15) is 13.6 Å². The smallest absolute Gasteiger partial charge is 0.241 e. The van der Waals surface area contributed by atoms with Crippen LogP contribution in [0.25, 0.3) is 11.3 Å². The summed E-state index contributed by atoms with van der Waals surface area (Å²) in [5, 5.41) is 4.28. The van der Waals surface area contributed by atoms with Crippen LogP contribution in [0.3, 0.4) is 0 Å². The molecule has 174 valence electrons. The summed E-state index contributed by atoms with van der Waals surface area (Å²) in [5.41, 5.74) is 6.65. The van der Waals surface area contributed by atoms with Crippen molar-refractivity contribution < 1.29 is 13.6 Å². The average molecular weight is 478 g/mol. The maximum Gasteiger partial charge on any atom is 0.241 e. The molecule has 1 aliphatic rings. The number of rotatable bonds is 6. The number of carbonyl (C=O) groups excluding carboxylic acids is 1. The highest BCUT2D eigenvalue weighted by Crippen LogP contribution is 2.23. The van der Waals surface area contributed by atoms with Gasteiger partial charge in [-0.2, -0.15) is 0 Å². The molecule has 0 saturated heterocycles. The van der Waals surface area contributed by atoms with Crippen LogP contribution < -0.4 is 5.32 Å². The summed E-state index contributed by atoms with van der Waals surface area (Å²) in [6.07, 6.45) is 3.34. The largest absolute Gasteiger partial charge is 0.376 e. The van der Waals surface area contributed by atoms with Gasteiger partial charge in [0, 0.05) is 42.1 Å². The van der Waals surface area contributed by atoms with Gasteiger partial charge in [-0.25, -0.2) is 13.8 Å². The highest BCUT2D eigenvalue weighted by atomic mass is 32.1. The number of aromatic nitrogens is 1. The Bertz CT molecular complexity index is 1230. The first kappa shape index (κ1) is 23.6. The van der Waals surface area contributed by atoms with E-state index in [-0.39, 0.29) is 24.1 Å². The van der Waals surface area contributed by atoms with Crippen molar-refractivity contribution in [3.05, 3.63) is 105 Å². The molecular formula is C27H25F2N3OS. The molecule has 0 fully saturated rings. The number of thiazole rings is 1. The third-order valence-corrected chi connectivity index (χ3v) is 6.76. The second kappa shape index (κ2) is 10.6. The van der Waals surface area contributed by atoms with Crippen molar-refractivity contribution in [1.82, 2.24) is 15.2 Å². The van der Waals surface area contributed by atoms with E-state index in [1.807, 2.05) is 11.8 Å². The molecule has 4 rings (SSSR count). The number of carbonyl (C=O) groups is 1. The molecule has 4 nitrogen and oxygen atoms in total. The lowest BCUT2D eigenvalue weighted by molar-refractivity contribution is -0.129. The molecule has 0 atom stereocenters. The number of allylic oxidation sites excluding steroid dienone is 2. The zero-order chi connectivity index (χ0) is 24.1. The maximum absolute atomic E-state index is 13.5. The number of benzene rings is 2. The molecule has 1 aromatic heterocycles. The van der Waals surface area contributed by atoms with Gasteiger partial charge in [-0.15, -0.1) is 17.1 Å². The van der Waals surface area contributed by atoms with Gasteiger partial charge in [-0.3, -0.25) is 4.79 Å². The Kier molecular flexibility index (Phi) is 7.36. The van der Waals surface area contributed by atoms with Crippen molar-refractivity contribution in [2.75, 3.05) is 19.6 Å². The van der Waals surface area contributed by atoms with Crippen molar-refractivity contribution in [2.45, 2.75) is 19.8 Å². The Balaban J connectivity index is 1.51. The fourth-order valence-corrected chi connectivity index (χ4v) is 4.87. The Morgan fingerprint density at radius 3 is 2.35 bits per heavy atom. The average Bonchev–Trinajstić information content (AvgIpc) is 3.08. The fourth-order valence-electron chi connectivity index (χ4n) is 3.90. The number of halogens is 2. The van der Waals surface area contributed by atoms with Crippen LogP contribution in [0.2, 0.25) is 0 Å². The molecule has 0 radical (unpaired) electrons. The summed E-state index contributed by atoms with van der Waals surface area (Å²) in [6.45, 7) is 7.12. The van der Waals surface area contributed by atoms with E-state index >= 15 is 0 Å². The molecule has 2 aromatic carbocycles. The second-order valence-electron chi connectivity index (χ2n) is 8.00. The molecule has 0 saturated carbocycles. The lowest BCUT2D eigenvalue weighted by Crippen LogP contribution is -2.39. The molecule has 1 aliphatic heterocycles. The van der Waals surface area contributed by atoms with Crippen LogP contribution in [0, 0.1) is 18.6 Å². The zero-order valence-electron chi connectivity index (χ0n) is 18.9. The lowest BCUT2D eigenvalue weighted by Gasteiger charge is -2.21. The number of hydrogen-bond acceptors (Lipinski definition) is 4. The summed E-state index contributed by atoms with van der Waals surface area (Å²) in [5.74, 6) is -0.709. The van der Waals surface area contributed by atoms with E-state index in [1.165, 1.54) is 29.1 Å². The molecular weight excluding hydrogens is 452 g/mol. The summed E-state index contributed by atoms with van der Waals surface area (Å²) < 4.78 is 26.9. The van der Waals surface area contributed by atoms with Crippen LogP contribution in [0.1, 0.15) is 26.7 Å². The first-order chi connectivity index (χ1) is 16.4. The first-order valence-corrected chi connectivity index (χ1v) is 11.8. The number of hydrogen-bond donors (Lipinski definition) is 1. The van der Waals surface area contributed by atoms with Crippen molar-refractivity contribution in [3.63, 3.8) is 0 Å². The van der Waals surface area contributed by atoms with Crippen LogP contribution in [0.15, 0.2) is 66.9 Å². The predicted octanol–water partition coefficient (Wildman–Crippen LogP) is 5.16. The number of nitrogens with zero attached hydrogens (tertiary/aromatic N) is 2. The number of fused-ring (bicyclic) bond motifs is 1. The van der Waals surface area contributed by atoms with Crippen molar-refractivity contribution in [3.8, 4) is 0 Å². The SMILES string of the molecule is C=C=C(/C=C(\NCC(=O)N1CCc2nc(C)sc2CC1)c1ccc(F)cc1)c1ccc(F)cc1. The molecule has 0 aliphatic carbocycles. The van der Waals surface area contributed by atoms with Crippen LogP contribution in [-0.2, 0) is 17.6 Å². The summed E-state index contributed by atoms with van der Waals surface area (Å²) >= 11 is 1.70. The molecule has 0 bridgehead atoms. The normalized spacial score (nSPS) is 13.6. The third-order valence-electron chi connectivity index (χ3n) is 5.68. The molecule has 2 heterocycles. The van der Waals surface area contributed by atoms with Gasteiger partial charge in [-0.05, 0) is 48.4 Å². The minimum absolute atomic E-state index is 0.0224. The Labute approximate surface area is 202 Å². The molecule has 0 spiro atoms. The van der Waals surface area contributed by atoms with E-state index in [0.717, 1.165) is 29.1 Å². The van der Waals surface area contributed by atoms with E-state index in [0.29, 0.717) is 29.9 Å². The summed E-state index contributed by atoms with van der Waals surface area (Å²) in [4.78, 5) is 20.7. The fraction of sp³-hybridized carbons (Fsp3) is 0.222. The van der Waals surface area contributed by atoms with Gasteiger partial charge >= 0.3 is 0 Å². The van der Waals surface area contributed by atoms with E-state index in [4.69, 9.17) is 0 Å². The van der Waals surface area contributed by atoms with E-state index in [2.05, 4.69) is 22.6 Å². The third kappa shape index (κ3) is 5.68. The molecule has 7 heteroatoms. The highest BCUT2D eigenvalue weighted by molar-refractivity contribution is 7.11. The van der Waals surface area contributed by atoms with Crippen LogP contribution in [-0.4, -0.2) is 35.4 Å². The minimum Gasteiger partial charge on any atom is -0.376 e. The molecule has 3 aromatic rings. The van der Waals surface area contributed by atoms with Crippen LogP contribution in [0.5, 0.6) is 0 Å². The van der Waals surface area contributed by atoms with Gasteiger partial charge in [0.15, 0.2) is 0 Å². The van der Waals surface area contributed by atoms with Crippen LogP contribution >= 0.6 is 11.3 Å². The van der Waals surface area contributed by atoms with Crippen molar-refractivity contribution >= 4 is 28.5 Å². The Hall–Kier alpha value is -3.54. The number of amides is 1. The monoisotopic (exact) mass is 477 g/mol.